The highest BCUT2D eigenvalue weighted by Crippen LogP contribution is 2.17. The smallest absolute Gasteiger partial charge is 0.335 e. The molecule has 7 nitrogen and oxygen atoms in total. The molecule has 1 aliphatic heterocycles. The van der Waals surface area contributed by atoms with Gasteiger partial charge in [-0.25, -0.2) is 9.48 Å². The number of aromatic carboxylic acids is 1. The van der Waals surface area contributed by atoms with Crippen molar-refractivity contribution in [2.75, 3.05) is 18.5 Å². The molecule has 1 aromatic heterocycles. The van der Waals surface area contributed by atoms with Crippen LogP contribution in [0.15, 0.2) is 36.7 Å². The van der Waals surface area contributed by atoms with Gasteiger partial charge >= 0.3 is 5.97 Å². The molecule has 3 rings (SSSR count). The van der Waals surface area contributed by atoms with E-state index in [0.29, 0.717) is 18.9 Å². The zero-order valence-corrected chi connectivity index (χ0v) is 11.7. The van der Waals surface area contributed by atoms with E-state index in [9.17, 15) is 9.59 Å². The van der Waals surface area contributed by atoms with Crippen molar-refractivity contribution in [3.63, 3.8) is 0 Å². The Hall–Kier alpha value is -2.67. The fourth-order valence-electron chi connectivity index (χ4n) is 2.27. The monoisotopic (exact) mass is 301 g/mol. The van der Waals surface area contributed by atoms with Crippen LogP contribution in [0.3, 0.4) is 0 Å². The molecule has 0 radical (unpaired) electrons. The van der Waals surface area contributed by atoms with E-state index in [1.807, 2.05) is 0 Å². The van der Waals surface area contributed by atoms with Crippen LogP contribution in [0.25, 0.3) is 5.69 Å². The zero-order valence-electron chi connectivity index (χ0n) is 11.7. The first-order valence-electron chi connectivity index (χ1n) is 6.90. The molecule has 2 heterocycles. The zero-order chi connectivity index (χ0) is 15.5. The Morgan fingerprint density at radius 2 is 2.09 bits per heavy atom. The summed E-state index contributed by atoms with van der Waals surface area (Å²) >= 11 is 0. The summed E-state index contributed by atoms with van der Waals surface area (Å²) < 4.78 is 6.77. The molecule has 0 bridgehead atoms. The number of ether oxygens (including phenoxy) is 1. The maximum atomic E-state index is 12.0. The van der Waals surface area contributed by atoms with Crippen molar-refractivity contribution >= 4 is 17.6 Å². The molecule has 1 saturated heterocycles. The SMILES string of the molecule is O=C(O)c1ccc(-n2cc(NC(=O)[C@H]3CCOC3)cn2)cc1. The molecule has 22 heavy (non-hydrogen) atoms. The number of carboxylic acids is 1. The van der Waals surface area contributed by atoms with Crippen molar-refractivity contribution < 1.29 is 19.4 Å². The number of benzene rings is 1. The highest BCUT2D eigenvalue weighted by atomic mass is 16.5. The van der Waals surface area contributed by atoms with Gasteiger partial charge in [0.1, 0.15) is 0 Å². The lowest BCUT2D eigenvalue weighted by atomic mass is 10.1. The van der Waals surface area contributed by atoms with Gasteiger partial charge in [-0.05, 0) is 30.7 Å². The molecule has 0 aliphatic carbocycles. The second-order valence-corrected chi connectivity index (χ2v) is 5.08. The average molecular weight is 301 g/mol. The van der Waals surface area contributed by atoms with Crippen molar-refractivity contribution in [1.29, 1.82) is 0 Å². The standard InChI is InChI=1S/C15H15N3O4/c19-14(11-5-6-22-9-11)17-12-7-16-18(8-12)13-3-1-10(2-4-13)15(20)21/h1-4,7-8,11H,5-6,9H2,(H,17,19)(H,20,21)/t11-/m0/s1. The van der Waals surface area contributed by atoms with E-state index < -0.39 is 5.97 Å². The maximum Gasteiger partial charge on any atom is 0.335 e. The summed E-state index contributed by atoms with van der Waals surface area (Å²) in [6.07, 6.45) is 3.97. The molecule has 0 unspecified atom stereocenters. The van der Waals surface area contributed by atoms with Crippen LogP contribution in [0.1, 0.15) is 16.8 Å². The van der Waals surface area contributed by atoms with Crippen molar-refractivity contribution in [3.05, 3.63) is 42.2 Å². The summed E-state index contributed by atoms with van der Waals surface area (Å²) in [5.74, 6) is -1.16. The number of carbonyl (C=O) groups is 2. The molecule has 0 saturated carbocycles. The van der Waals surface area contributed by atoms with Crippen LogP contribution in [-0.2, 0) is 9.53 Å². The van der Waals surface area contributed by atoms with E-state index in [1.165, 1.54) is 12.1 Å². The van der Waals surface area contributed by atoms with Gasteiger partial charge in [0.15, 0.2) is 0 Å². The number of aromatic nitrogens is 2. The van der Waals surface area contributed by atoms with Gasteiger partial charge in [0.05, 0.1) is 41.9 Å². The van der Waals surface area contributed by atoms with Gasteiger partial charge in [-0.2, -0.15) is 5.10 Å². The predicted octanol–water partition coefficient (Wildman–Crippen LogP) is 1.55. The van der Waals surface area contributed by atoms with Gasteiger partial charge < -0.3 is 15.2 Å². The molecule has 0 spiro atoms. The lowest BCUT2D eigenvalue weighted by Gasteiger charge is -2.06. The second kappa shape index (κ2) is 5.98. The molecule has 1 aliphatic rings. The maximum absolute atomic E-state index is 12.0. The Bertz CT molecular complexity index is 687. The number of nitrogens with one attached hydrogen (secondary N) is 1. The fraction of sp³-hybridized carbons (Fsp3) is 0.267. The van der Waals surface area contributed by atoms with E-state index in [4.69, 9.17) is 9.84 Å². The molecule has 2 N–H and O–H groups in total. The van der Waals surface area contributed by atoms with E-state index in [0.717, 1.165) is 12.1 Å². The minimum absolute atomic E-state index is 0.0710. The van der Waals surface area contributed by atoms with E-state index in [1.54, 1.807) is 29.2 Å². The highest BCUT2D eigenvalue weighted by molar-refractivity contribution is 5.92. The Labute approximate surface area is 126 Å². The first-order chi connectivity index (χ1) is 10.6. The molecular weight excluding hydrogens is 286 g/mol. The Kier molecular flexibility index (Phi) is 3.88. The van der Waals surface area contributed by atoms with Gasteiger partial charge in [-0.15, -0.1) is 0 Å². The number of hydrogen-bond donors (Lipinski definition) is 2. The van der Waals surface area contributed by atoms with Gasteiger partial charge in [0.25, 0.3) is 0 Å². The normalized spacial score (nSPS) is 17.4. The second-order valence-electron chi connectivity index (χ2n) is 5.08. The van der Waals surface area contributed by atoms with Crippen LogP contribution in [0.5, 0.6) is 0 Å². The first kappa shape index (κ1) is 14.3. The molecule has 1 fully saturated rings. The Morgan fingerprint density at radius 1 is 1.32 bits per heavy atom. The third-order valence-corrected chi connectivity index (χ3v) is 3.53. The fourth-order valence-corrected chi connectivity index (χ4v) is 2.27. The summed E-state index contributed by atoms with van der Waals surface area (Å²) in [7, 11) is 0. The van der Waals surface area contributed by atoms with Gasteiger partial charge in [0, 0.05) is 6.61 Å². The number of rotatable bonds is 4. The predicted molar refractivity (Wildman–Crippen MR) is 78.1 cm³/mol. The van der Waals surface area contributed by atoms with Crippen LogP contribution >= 0.6 is 0 Å². The number of nitrogens with zero attached hydrogens (tertiary/aromatic N) is 2. The third kappa shape index (κ3) is 2.99. The molecular formula is C15H15N3O4. The van der Waals surface area contributed by atoms with E-state index in [2.05, 4.69) is 10.4 Å². The number of carboxylic acid groups (broad SMARTS) is 1. The first-order valence-corrected chi connectivity index (χ1v) is 6.90. The number of amides is 1. The lowest BCUT2D eigenvalue weighted by Crippen LogP contribution is -2.22. The molecule has 2 aromatic rings. The van der Waals surface area contributed by atoms with Crippen molar-refractivity contribution in [2.24, 2.45) is 5.92 Å². The van der Waals surface area contributed by atoms with Gasteiger partial charge in [-0.3, -0.25) is 4.79 Å². The van der Waals surface area contributed by atoms with Crippen molar-refractivity contribution in [3.8, 4) is 5.69 Å². The number of anilines is 1. The summed E-state index contributed by atoms with van der Waals surface area (Å²) in [6.45, 7) is 1.07. The topological polar surface area (TPSA) is 93.5 Å². The molecule has 1 amide bonds. The summed E-state index contributed by atoms with van der Waals surface area (Å²) in [4.78, 5) is 22.8. The lowest BCUT2D eigenvalue weighted by molar-refractivity contribution is -0.119. The molecule has 114 valence electrons. The summed E-state index contributed by atoms with van der Waals surface area (Å²) in [5.41, 5.74) is 1.53. The minimum Gasteiger partial charge on any atom is -0.478 e. The van der Waals surface area contributed by atoms with Crippen LogP contribution in [0, 0.1) is 5.92 Å². The third-order valence-electron chi connectivity index (χ3n) is 3.53. The summed E-state index contributed by atoms with van der Waals surface area (Å²) in [6, 6.07) is 6.33. The largest absolute Gasteiger partial charge is 0.478 e. The Morgan fingerprint density at radius 3 is 2.73 bits per heavy atom. The quantitative estimate of drug-likeness (QED) is 0.893. The minimum atomic E-state index is -0.973. The van der Waals surface area contributed by atoms with Crippen LogP contribution in [0.4, 0.5) is 5.69 Å². The van der Waals surface area contributed by atoms with Crippen molar-refractivity contribution in [1.82, 2.24) is 9.78 Å². The van der Waals surface area contributed by atoms with Crippen LogP contribution < -0.4 is 5.32 Å². The van der Waals surface area contributed by atoms with Crippen LogP contribution in [-0.4, -0.2) is 40.0 Å². The van der Waals surface area contributed by atoms with Gasteiger partial charge in [0.2, 0.25) is 5.91 Å². The van der Waals surface area contributed by atoms with Crippen LogP contribution in [0.2, 0.25) is 0 Å². The van der Waals surface area contributed by atoms with E-state index >= 15 is 0 Å². The Balaban J connectivity index is 1.70. The average Bonchev–Trinajstić information content (AvgIpc) is 3.19. The molecule has 7 heteroatoms. The molecule has 1 atom stereocenters. The summed E-state index contributed by atoms with van der Waals surface area (Å²) in [5, 5.41) is 15.8. The van der Waals surface area contributed by atoms with Crippen molar-refractivity contribution in [2.45, 2.75) is 6.42 Å². The van der Waals surface area contributed by atoms with E-state index in [-0.39, 0.29) is 17.4 Å². The number of carbonyl (C=O) groups excluding carboxylic acids is 1. The number of hydrogen-bond acceptors (Lipinski definition) is 4. The molecule has 1 aromatic carbocycles. The van der Waals surface area contributed by atoms with Gasteiger partial charge in [-0.1, -0.05) is 0 Å². The highest BCUT2D eigenvalue weighted by Gasteiger charge is 2.23.